The number of rotatable bonds is 14. The summed E-state index contributed by atoms with van der Waals surface area (Å²) in [5.41, 5.74) is 6.12. The number of para-hydroxylation sites is 2. The highest BCUT2D eigenvalue weighted by atomic mass is 19.4. The first kappa shape index (κ1) is 37.3. The number of benzene rings is 3. The van der Waals surface area contributed by atoms with Gasteiger partial charge in [0.25, 0.3) is 11.7 Å². The normalized spacial score (nSPS) is 18.7. The van der Waals surface area contributed by atoms with Crippen LogP contribution in [0.2, 0.25) is 0 Å². The van der Waals surface area contributed by atoms with Crippen molar-refractivity contribution < 1.29 is 27.4 Å². The first-order chi connectivity index (χ1) is 26.2. The number of tetrazole rings is 1. The summed E-state index contributed by atoms with van der Waals surface area (Å²) in [4.78, 5) is 21.1. The van der Waals surface area contributed by atoms with Crippen LogP contribution in [0.4, 0.5) is 19.1 Å². The summed E-state index contributed by atoms with van der Waals surface area (Å²) in [5.74, 6) is -0.690. The topological polar surface area (TPSA) is 127 Å². The van der Waals surface area contributed by atoms with E-state index >= 15 is 0 Å². The molecule has 54 heavy (non-hydrogen) atoms. The van der Waals surface area contributed by atoms with Crippen molar-refractivity contribution in [3.8, 4) is 11.4 Å². The van der Waals surface area contributed by atoms with Gasteiger partial charge in [0.1, 0.15) is 5.75 Å². The van der Waals surface area contributed by atoms with E-state index in [1.807, 2.05) is 48.3 Å². The van der Waals surface area contributed by atoms with E-state index in [4.69, 9.17) is 14.5 Å². The van der Waals surface area contributed by atoms with Crippen molar-refractivity contribution in [3.05, 3.63) is 89.7 Å². The number of carbonyl (C=O) groups excluding carboxylic acids is 1. The molecule has 0 radical (unpaired) electrons. The van der Waals surface area contributed by atoms with Crippen LogP contribution in [0.5, 0.6) is 5.75 Å². The average Bonchev–Trinajstić information content (AvgIpc) is 3.93. The van der Waals surface area contributed by atoms with E-state index in [0.717, 1.165) is 68.8 Å². The largest absolute Gasteiger partial charge is 0.496 e. The van der Waals surface area contributed by atoms with E-state index in [-0.39, 0.29) is 22.4 Å². The Bertz CT molecular complexity index is 2030. The van der Waals surface area contributed by atoms with Gasteiger partial charge in [-0.25, -0.2) is 9.99 Å². The van der Waals surface area contributed by atoms with E-state index in [1.54, 1.807) is 0 Å². The number of nitrogens with zero attached hydrogens (tertiary/aromatic N) is 8. The van der Waals surface area contributed by atoms with Crippen molar-refractivity contribution in [1.82, 2.24) is 45.1 Å². The van der Waals surface area contributed by atoms with Gasteiger partial charge in [-0.05, 0) is 85.5 Å². The molecule has 13 nitrogen and oxygen atoms in total. The number of aromatic nitrogens is 6. The lowest BCUT2D eigenvalue weighted by Gasteiger charge is -2.36. The number of nitrogens with one attached hydrogen (secondary N) is 2. The number of hydrazine groups is 1. The minimum Gasteiger partial charge on any atom is -0.496 e. The fourth-order valence-corrected chi connectivity index (χ4v) is 7.66. The van der Waals surface area contributed by atoms with Crippen molar-refractivity contribution in [2.24, 2.45) is 0 Å². The Labute approximate surface area is 311 Å². The third kappa shape index (κ3) is 8.05. The number of hydrogen-bond donors (Lipinski definition) is 2. The van der Waals surface area contributed by atoms with Gasteiger partial charge in [-0.1, -0.05) is 42.5 Å². The van der Waals surface area contributed by atoms with Crippen LogP contribution in [0, 0.1) is 0 Å². The van der Waals surface area contributed by atoms with Crippen LogP contribution in [-0.4, -0.2) is 105 Å². The lowest BCUT2D eigenvalue weighted by molar-refractivity contribution is -0.146. The molecule has 0 aliphatic carbocycles. The molecule has 1 unspecified atom stereocenters. The van der Waals surface area contributed by atoms with Crippen LogP contribution in [0.15, 0.2) is 72.8 Å². The van der Waals surface area contributed by atoms with Gasteiger partial charge in [0, 0.05) is 50.8 Å². The maximum Gasteiger partial charge on any atom is 0.453 e. The third-order valence-electron chi connectivity index (χ3n) is 10.5. The number of carbonyl (C=O) groups is 1. The molecule has 2 aliphatic rings. The van der Waals surface area contributed by atoms with Gasteiger partial charge in [0.15, 0.2) is 0 Å². The predicted molar refractivity (Wildman–Crippen MR) is 196 cm³/mol. The molecule has 5 aromatic rings. The smallest absolute Gasteiger partial charge is 0.453 e. The van der Waals surface area contributed by atoms with Gasteiger partial charge < -0.3 is 24.3 Å². The average molecular weight is 747 g/mol. The fraction of sp³-hybridized carbons (Fsp3) is 0.447. The molecule has 7 rings (SSSR count). The quantitative estimate of drug-likeness (QED) is 0.144. The monoisotopic (exact) mass is 746 g/mol. The first-order valence-electron chi connectivity index (χ1n) is 18.3. The van der Waals surface area contributed by atoms with Crippen LogP contribution in [0.1, 0.15) is 54.4 Å². The second-order valence-electron chi connectivity index (χ2n) is 13.8. The number of anilines is 1. The number of imidazole rings is 1. The van der Waals surface area contributed by atoms with Gasteiger partial charge in [-0.15, -0.1) is 5.10 Å². The van der Waals surface area contributed by atoms with Crippen LogP contribution in [-0.2, 0) is 22.9 Å². The number of amides is 1. The third-order valence-corrected chi connectivity index (χ3v) is 10.5. The van der Waals surface area contributed by atoms with Gasteiger partial charge >= 0.3 is 6.18 Å². The summed E-state index contributed by atoms with van der Waals surface area (Å²) >= 11 is 0. The summed E-state index contributed by atoms with van der Waals surface area (Å²) in [6.45, 7) is 8.03. The Kier molecular flexibility index (Phi) is 11.1. The fourth-order valence-electron chi connectivity index (χ4n) is 7.66. The van der Waals surface area contributed by atoms with Crippen molar-refractivity contribution in [1.29, 1.82) is 0 Å². The molecule has 2 saturated heterocycles. The molecular formula is C38H45F3N10O3. The molecule has 286 valence electrons. The minimum atomic E-state index is -4.78. The Balaban J connectivity index is 0.996. The van der Waals surface area contributed by atoms with E-state index < -0.39 is 17.9 Å². The number of piperidine rings is 1. The van der Waals surface area contributed by atoms with Gasteiger partial charge in [-0.3, -0.25) is 10.2 Å². The summed E-state index contributed by atoms with van der Waals surface area (Å²) in [7, 11) is 1.40. The predicted octanol–water partition coefficient (Wildman–Crippen LogP) is 5.33. The number of methoxy groups -OCH3 is 1. The van der Waals surface area contributed by atoms with Crippen molar-refractivity contribution in [3.63, 3.8) is 0 Å². The van der Waals surface area contributed by atoms with Crippen LogP contribution in [0.3, 0.4) is 0 Å². The maximum atomic E-state index is 13.7. The Hall–Kier alpha value is -5.06. The van der Waals surface area contributed by atoms with E-state index in [9.17, 15) is 18.0 Å². The molecule has 16 heteroatoms. The molecule has 1 atom stereocenters. The van der Waals surface area contributed by atoms with Crippen molar-refractivity contribution in [2.45, 2.75) is 56.8 Å². The lowest BCUT2D eigenvalue weighted by atomic mass is 9.76. The number of alkyl halides is 3. The van der Waals surface area contributed by atoms with Crippen molar-refractivity contribution in [2.75, 3.05) is 58.4 Å². The summed E-state index contributed by atoms with van der Waals surface area (Å²) in [6.07, 6.45) is -1.08. The highest BCUT2D eigenvalue weighted by molar-refractivity contribution is 5.97. The minimum absolute atomic E-state index is 0.0162. The maximum absolute atomic E-state index is 13.7. The molecule has 4 heterocycles. The molecule has 2 N–H and O–H groups in total. The number of ether oxygens (including phenoxy) is 2. The van der Waals surface area contributed by atoms with E-state index in [2.05, 4.69) is 53.9 Å². The Morgan fingerprint density at radius 3 is 2.54 bits per heavy atom. The summed E-state index contributed by atoms with van der Waals surface area (Å²) in [6, 6.07) is 23.0. The molecular weight excluding hydrogens is 701 g/mol. The number of hydrogen-bond acceptors (Lipinski definition) is 10. The zero-order chi connectivity index (χ0) is 37.7. The first-order valence-corrected chi connectivity index (χ1v) is 18.3. The molecule has 2 aliphatic heterocycles. The molecule has 2 aromatic heterocycles. The standard InChI is InChI=1S/C38H45F3N10O3/c1-3-54-24-23-50-32-12-8-7-11-31(32)43-36(50)42-28-15-19-48(20-16-28)21-17-37(27-9-5-4-6-10-27)18-22-49(26-37)45-34(52)30-25-29(13-14-33(30)53-2)51-35(38(39,40)41)44-46-47-51/h4-14,25,28H,3,15-24,26H2,1-2H3,(H,42,43)(H,45,52). The van der Waals surface area contributed by atoms with Gasteiger partial charge in [0.2, 0.25) is 5.95 Å². The summed E-state index contributed by atoms with van der Waals surface area (Å²) in [5, 5.41) is 15.5. The Morgan fingerprint density at radius 1 is 1.00 bits per heavy atom. The van der Waals surface area contributed by atoms with Crippen LogP contribution < -0.4 is 15.5 Å². The number of fused-ring (bicyclic) bond motifs is 1. The molecule has 1 amide bonds. The van der Waals surface area contributed by atoms with E-state index in [0.29, 0.717) is 37.0 Å². The second-order valence-corrected chi connectivity index (χ2v) is 13.8. The molecule has 3 aromatic carbocycles. The lowest BCUT2D eigenvalue weighted by Crippen LogP contribution is -2.45. The molecule has 0 spiro atoms. The highest BCUT2D eigenvalue weighted by Gasteiger charge is 2.41. The Morgan fingerprint density at radius 2 is 1.78 bits per heavy atom. The zero-order valence-electron chi connectivity index (χ0n) is 30.4. The molecule has 0 saturated carbocycles. The second kappa shape index (κ2) is 16.1. The van der Waals surface area contributed by atoms with Crippen LogP contribution >= 0.6 is 0 Å². The molecule has 2 fully saturated rings. The number of halogens is 3. The zero-order valence-corrected chi connectivity index (χ0v) is 30.4. The van der Waals surface area contributed by atoms with Crippen molar-refractivity contribution >= 4 is 22.9 Å². The van der Waals surface area contributed by atoms with E-state index in [1.165, 1.54) is 30.9 Å². The summed E-state index contributed by atoms with van der Waals surface area (Å²) < 4.78 is 54.5. The SMILES string of the molecule is CCOCCn1c(NC2CCN(CCC3(c4ccccc4)CCN(NC(=O)c4cc(-n5nnnc5C(F)(F)F)ccc4OC)C3)CC2)nc2ccccc21. The van der Waals surface area contributed by atoms with Crippen LogP contribution in [0.25, 0.3) is 16.7 Å². The molecule has 0 bridgehead atoms. The van der Waals surface area contributed by atoms with Gasteiger partial charge in [0.05, 0.1) is 36.0 Å². The highest BCUT2D eigenvalue weighted by Crippen LogP contribution is 2.38. The van der Waals surface area contributed by atoms with Gasteiger partial charge in [-0.2, -0.15) is 17.9 Å². The number of likely N-dealkylation sites (tertiary alicyclic amines) is 1.